The third kappa shape index (κ3) is 5.15. The molecule has 0 spiro atoms. The minimum absolute atomic E-state index is 0.253. The second-order valence-corrected chi connectivity index (χ2v) is 10.2. The molecule has 0 unspecified atom stereocenters. The van der Waals surface area contributed by atoms with Gasteiger partial charge in [-0.15, -0.1) is 0 Å². The highest BCUT2D eigenvalue weighted by Crippen LogP contribution is 2.36. The van der Waals surface area contributed by atoms with Crippen molar-refractivity contribution < 1.29 is 14.3 Å². The van der Waals surface area contributed by atoms with Crippen LogP contribution in [0.2, 0.25) is 0 Å². The molecule has 4 nitrogen and oxygen atoms in total. The van der Waals surface area contributed by atoms with Crippen molar-refractivity contribution in [1.82, 2.24) is 0 Å². The van der Waals surface area contributed by atoms with E-state index in [1.807, 2.05) is 55.5 Å². The van der Waals surface area contributed by atoms with Crippen molar-refractivity contribution in [1.29, 1.82) is 0 Å². The molecule has 1 aliphatic rings. The number of carbonyl (C=O) groups is 1. The Kier molecular flexibility index (Phi) is 7.17. The summed E-state index contributed by atoms with van der Waals surface area (Å²) in [5.74, 6) is 0.545. The Labute approximate surface area is 217 Å². The molecule has 7 heteroatoms. The van der Waals surface area contributed by atoms with E-state index in [1.54, 1.807) is 6.08 Å². The van der Waals surface area contributed by atoms with Crippen LogP contribution < -0.4 is 4.74 Å². The molecule has 3 aromatic rings. The van der Waals surface area contributed by atoms with Gasteiger partial charge in [0.05, 0.1) is 8.95 Å². The number of halogens is 3. The first-order valence-electron chi connectivity index (χ1n) is 9.77. The molecule has 0 saturated carbocycles. The number of hydrogen-bond donors (Lipinski definition) is 0. The van der Waals surface area contributed by atoms with Gasteiger partial charge in [-0.3, -0.25) is 0 Å². The fourth-order valence-corrected chi connectivity index (χ4v) is 4.98. The van der Waals surface area contributed by atoms with Gasteiger partial charge in [-0.2, -0.15) is 0 Å². The van der Waals surface area contributed by atoms with Crippen molar-refractivity contribution in [2.24, 2.45) is 4.99 Å². The average Bonchev–Trinajstić information content (AvgIpc) is 3.11. The molecule has 0 bridgehead atoms. The minimum Gasteiger partial charge on any atom is -0.487 e. The van der Waals surface area contributed by atoms with Crippen molar-refractivity contribution in [3.63, 3.8) is 0 Å². The second kappa shape index (κ2) is 9.89. The van der Waals surface area contributed by atoms with Crippen LogP contribution in [0.5, 0.6) is 5.75 Å². The lowest BCUT2D eigenvalue weighted by molar-refractivity contribution is -0.129. The Balaban J connectivity index is 1.57. The molecule has 0 amide bonds. The average molecular weight is 667 g/mol. The zero-order valence-corrected chi connectivity index (χ0v) is 22.6. The van der Waals surface area contributed by atoms with Crippen LogP contribution >= 0.6 is 54.5 Å². The normalized spacial score (nSPS) is 14.5. The monoisotopic (exact) mass is 665 g/mol. The molecule has 1 aliphatic heterocycles. The summed E-state index contributed by atoms with van der Waals surface area (Å²) in [6.07, 6.45) is 1.70. The highest BCUT2D eigenvalue weighted by atomic mass is 127. The number of rotatable bonds is 5. The van der Waals surface area contributed by atoms with Gasteiger partial charge in [0.15, 0.2) is 5.70 Å². The van der Waals surface area contributed by atoms with Gasteiger partial charge in [0.1, 0.15) is 12.4 Å². The number of cyclic esters (lactones) is 1. The lowest BCUT2D eigenvalue weighted by Gasteiger charge is -2.12. The SMILES string of the molecule is Cc1cc(C2=N/C(=C\c3cc(Br)c(OCc4ccccc4C)c(Br)c3)C(=O)O2)ccc1I. The van der Waals surface area contributed by atoms with E-state index in [0.29, 0.717) is 18.3 Å². The number of ether oxygens (including phenoxy) is 2. The molecule has 0 atom stereocenters. The molecule has 1 heterocycles. The van der Waals surface area contributed by atoms with E-state index in [0.717, 1.165) is 34.8 Å². The predicted molar refractivity (Wildman–Crippen MR) is 142 cm³/mol. The largest absolute Gasteiger partial charge is 0.487 e. The van der Waals surface area contributed by atoms with Gasteiger partial charge in [-0.25, -0.2) is 9.79 Å². The smallest absolute Gasteiger partial charge is 0.363 e. The first-order valence-corrected chi connectivity index (χ1v) is 12.4. The Morgan fingerprint density at radius 2 is 1.75 bits per heavy atom. The number of aryl methyl sites for hydroxylation is 2. The number of carbonyl (C=O) groups excluding carboxylic acids is 1. The van der Waals surface area contributed by atoms with E-state index in [-0.39, 0.29) is 5.70 Å². The number of benzene rings is 3. The Morgan fingerprint density at radius 1 is 1.03 bits per heavy atom. The van der Waals surface area contributed by atoms with E-state index in [2.05, 4.69) is 72.4 Å². The topological polar surface area (TPSA) is 47.9 Å². The molecule has 0 saturated heterocycles. The van der Waals surface area contributed by atoms with Crippen LogP contribution in [0.4, 0.5) is 0 Å². The fourth-order valence-electron chi connectivity index (χ4n) is 3.19. The van der Waals surface area contributed by atoms with Crippen molar-refractivity contribution in [2.45, 2.75) is 20.5 Å². The summed E-state index contributed by atoms with van der Waals surface area (Å²) in [7, 11) is 0. The van der Waals surface area contributed by atoms with Crippen molar-refractivity contribution >= 4 is 72.4 Å². The maximum absolute atomic E-state index is 12.4. The summed E-state index contributed by atoms with van der Waals surface area (Å²) < 4.78 is 14.1. The number of nitrogens with zero attached hydrogens (tertiary/aromatic N) is 1. The Morgan fingerprint density at radius 3 is 2.44 bits per heavy atom. The molecule has 0 aromatic heterocycles. The van der Waals surface area contributed by atoms with Crippen molar-refractivity contribution in [3.05, 3.63) is 101 Å². The van der Waals surface area contributed by atoms with Gasteiger partial charge in [-0.1, -0.05) is 24.3 Å². The maximum Gasteiger partial charge on any atom is 0.363 e. The van der Waals surface area contributed by atoms with Gasteiger partial charge in [0, 0.05) is 9.13 Å². The quantitative estimate of drug-likeness (QED) is 0.163. The van der Waals surface area contributed by atoms with E-state index < -0.39 is 5.97 Å². The number of hydrogen-bond acceptors (Lipinski definition) is 4. The number of esters is 1. The lowest BCUT2D eigenvalue weighted by atomic mass is 10.1. The van der Waals surface area contributed by atoms with Crippen molar-refractivity contribution in [3.8, 4) is 5.75 Å². The third-order valence-electron chi connectivity index (χ3n) is 4.98. The Hall–Kier alpha value is -1.97. The molecule has 0 N–H and O–H groups in total. The first kappa shape index (κ1) is 23.2. The summed E-state index contributed by atoms with van der Waals surface area (Å²) in [6.45, 7) is 4.53. The summed E-state index contributed by atoms with van der Waals surface area (Å²) in [5.41, 5.74) is 5.23. The van der Waals surface area contributed by atoms with Gasteiger partial charge in [0.2, 0.25) is 5.90 Å². The zero-order chi connectivity index (χ0) is 22.8. The Bertz CT molecular complexity index is 1260. The molecule has 0 aliphatic carbocycles. The fraction of sp³-hybridized carbons (Fsp3) is 0.120. The molecule has 162 valence electrons. The third-order valence-corrected chi connectivity index (χ3v) is 7.37. The van der Waals surface area contributed by atoms with Crippen LogP contribution in [0.3, 0.4) is 0 Å². The summed E-state index contributed by atoms with van der Waals surface area (Å²) >= 11 is 9.43. The second-order valence-electron chi connectivity index (χ2n) is 7.33. The van der Waals surface area contributed by atoms with Crippen LogP contribution in [0, 0.1) is 17.4 Å². The highest BCUT2D eigenvalue weighted by Gasteiger charge is 2.24. The summed E-state index contributed by atoms with van der Waals surface area (Å²) in [5, 5.41) is 0. The highest BCUT2D eigenvalue weighted by molar-refractivity contribution is 14.1. The molecule has 4 rings (SSSR count). The molecular weight excluding hydrogens is 649 g/mol. The van der Waals surface area contributed by atoms with Crippen LogP contribution in [-0.4, -0.2) is 11.9 Å². The van der Waals surface area contributed by atoms with E-state index in [1.165, 1.54) is 5.56 Å². The number of aliphatic imine (C=N–C) groups is 1. The maximum atomic E-state index is 12.4. The molecule has 0 fully saturated rings. The van der Waals surface area contributed by atoms with Crippen LogP contribution in [0.15, 0.2) is 74.2 Å². The van der Waals surface area contributed by atoms with E-state index >= 15 is 0 Å². The van der Waals surface area contributed by atoms with Crippen LogP contribution in [0.25, 0.3) is 6.08 Å². The predicted octanol–water partition coefficient (Wildman–Crippen LogP) is 7.36. The lowest BCUT2D eigenvalue weighted by Crippen LogP contribution is -2.05. The van der Waals surface area contributed by atoms with Crippen LogP contribution in [-0.2, 0) is 16.1 Å². The summed E-state index contributed by atoms with van der Waals surface area (Å²) in [4.78, 5) is 16.8. The molecule has 0 radical (unpaired) electrons. The zero-order valence-electron chi connectivity index (χ0n) is 17.3. The molecule has 3 aromatic carbocycles. The van der Waals surface area contributed by atoms with Gasteiger partial charge >= 0.3 is 5.97 Å². The van der Waals surface area contributed by atoms with Crippen molar-refractivity contribution in [2.75, 3.05) is 0 Å². The van der Waals surface area contributed by atoms with E-state index in [4.69, 9.17) is 9.47 Å². The van der Waals surface area contributed by atoms with Gasteiger partial charge < -0.3 is 9.47 Å². The van der Waals surface area contributed by atoms with Gasteiger partial charge in [0.25, 0.3) is 0 Å². The van der Waals surface area contributed by atoms with E-state index in [9.17, 15) is 4.79 Å². The standard InChI is InChI=1S/C25H18Br2INO3/c1-14-5-3-4-6-18(14)13-31-23-19(26)10-16(11-20(23)27)12-22-25(30)32-24(29-22)17-7-8-21(28)15(2)9-17/h3-12H,13H2,1-2H3/b22-12-. The van der Waals surface area contributed by atoms with Crippen LogP contribution in [0.1, 0.15) is 27.8 Å². The first-order chi connectivity index (χ1) is 15.3. The molecule has 32 heavy (non-hydrogen) atoms. The summed E-state index contributed by atoms with van der Waals surface area (Å²) in [6, 6.07) is 17.7. The minimum atomic E-state index is -0.469. The van der Waals surface area contributed by atoms with Gasteiger partial charge in [-0.05, 0) is 127 Å². The molecular formula is C25H18Br2INO3.